The molecule has 0 unspecified atom stereocenters. The molecule has 0 heterocycles. The number of carbonyl (C=O) groups is 1. The lowest BCUT2D eigenvalue weighted by Gasteiger charge is -2.27. The van der Waals surface area contributed by atoms with Gasteiger partial charge in [-0.15, -0.1) is 0 Å². The highest BCUT2D eigenvalue weighted by molar-refractivity contribution is 5.95. The minimum atomic E-state index is 0. The van der Waals surface area contributed by atoms with Crippen LogP contribution in [0.3, 0.4) is 0 Å². The number of quaternary nitrogens is 1. The van der Waals surface area contributed by atoms with Gasteiger partial charge in [-0.25, -0.2) is 0 Å². The second kappa shape index (κ2) is 5.33. The molecule has 0 spiro atoms. The molecular weight excluding hydrogens is 174 g/mol. The maximum absolute atomic E-state index is 11.2. The van der Waals surface area contributed by atoms with Gasteiger partial charge in [0.25, 0.3) is 0 Å². The molecule has 72 valence electrons. The van der Waals surface area contributed by atoms with Gasteiger partial charge in [-0.05, 0) is 19.4 Å². The van der Waals surface area contributed by atoms with E-state index in [4.69, 9.17) is 0 Å². The number of Topliss-reactive ketones (excluding diaryl/α,β-unsaturated/α-hetero) is 1. The summed E-state index contributed by atoms with van der Waals surface area (Å²) in [7, 11) is 4.08. The van der Waals surface area contributed by atoms with E-state index in [2.05, 4.69) is 13.5 Å². The molecule has 3 heteroatoms. The van der Waals surface area contributed by atoms with Gasteiger partial charge in [-0.2, -0.15) is 0 Å². The lowest BCUT2D eigenvalue weighted by Crippen LogP contribution is -3.00. The molecule has 0 saturated carbocycles. The van der Waals surface area contributed by atoms with Gasteiger partial charge in [0.15, 0.2) is 0 Å². The number of hydrogen-bond donors (Lipinski definition) is 0. The molecule has 0 fully saturated rings. The average molecular weight is 192 g/mol. The number of carbonyl (C=O) groups excluding carboxylic acids is 1. The van der Waals surface area contributed by atoms with Crippen LogP contribution in [-0.4, -0.2) is 37.5 Å². The number of rotatable bonds is 4. The van der Waals surface area contributed by atoms with Gasteiger partial charge >= 0.3 is 0 Å². The Bertz CT molecular complexity index is 175. The van der Waals surface area contributed by atoms with Gasteiger partial charge in [-0.1, -0.05) is 6.58 Å². The van der Waals surface area contributed by atoms with Crippen molar-refractivity contribution in [2.24, 2.45) is 0 Å². The molecular formula is C9H18ClNO. The maximum atomic E-state index is 11.2. The third kappa shape index (κ3) is 5.33. The highest BCUT2D eigenvalue weighted by Crippen LogP contribution is 1.99. The molecule has 0 atom stereocenters. The quantitative estimate of drug-likeness (QED) is 0.380. The van der Waals surface area contributed by atoms with Crippen molar-refractivity contribution in [1.82, 2.24) is 0 Å². The highest BCUT2D eigenvalue weighted by atomic mass is 35.5. The van der Waals surface area contributed by atoms with Crippen LogP contribution in [0, 0.1) is 0 Å². The summed E-state index contributed by atoms with van der Waals surface area (Å²) >= 11 is 0. The molecule has 0 radical (unpaired) electrons. The number of ketones is 1. The fourth-order valence-corrected chi connectivity index (χ4v) is 0.636. The fraction of sp³-hybridized carbons (Fsp3) is 0.667. The lowest BCUT2D eigenvalue weighted by atomic mass is 10.2. The normalized spacial score (nSPS) is 10.3. The van der Waals surface area contributed by atoms with Crippen molar-refractivity contribution < 1.29 is 21.7 Å². The lowest BCUT2D eigenvalue weighted by molar-refractivity contribution is -0.880. The van der Waals surface area contributed by atoms with Crippen LogP contribution in [0.4, 0.5) is 0 Å². The molecule has 0 rings (SSSR count). The van der Waals surface area contributed by atoms with E-state index in [-0.39, 0.29) is 18.2 Å². The van der Waals surface area contributed by atoms with E-state index in [0.717, 1.165) is 11.0 Å². The molecule has 0 N–H and O–H groups in total. The zero-order chi connectivity index (χ0) is 9.07. The first kappa shape index (κ1) is 14.2. The predicted molar refractivity (Wildman–Crippen MR) is 47.3 cm³/mol. The first-order valence-corrected chi connectivity index (χ1v) is 3.90. The van der Waals surface area contributed by atoms with Crippen LogP contribution >= 0.6 is 0 Å². The Hall–Kier alpha value is -0.340. The van der Waals surface area contributed by atoms with Gasteiger partial charge in [0.05, 0.1) is 20.6 Å². The molecule has 0 aromatic carbocycles. The van der Waals surface area contributed by atoms with E-state index in [9.17, 15) is 4.79 Å². The molecule has 0 aromatic rings. The summed E-state index contributed by atoms with van der Waals surface area (Å²) in [4.78, 5) is 11.2. The Morgan fingerprint density at radius 1 is 1.42 bits per heavy atom. The zero-order valence-electron chi connectivity index (χ0n) is 8.35. The largest absolute Gasteiger partial charge is 1.00 e. The molecule has 0 amide bonds. The molecule has 0 bridgehead atoms. The van der Waals surface area contributed by atoms with E-state index in [1.54, 1.807) is 6.92 Å². The zero-order valence-corrected chi connectivity index (χ0v) is 9.11. The SMILES string of the molecule is C=C(C)C(=O)C[N+](C)(C)CC.[Cl-]. The van der Waals surface area contributed by atoms with Crippen LogP contribution in [0.5, 0.6) is 0 Å². The first-order valence-electron chi connectivity index (χ1n) is 3.90. The minimum absolute atomic E-state index is 0. The average Bonchev–Trinajstić information content (AvgIpc) is 1.87. The number of halogens is 1. The fourth-order valence-electron chi connectivity index (χ4n) is 0.636. The second-order valence-corrected chi connectivity index (χ2v) is 3.61. The third-order valence-electron chi connectivity index (χ3n) is 1.90. The van der Waals surface area contributed by atoms with Crippen LogP contribution in [0.25, 0.3) is 0 Å². The molecule has 0 aromatic heterocycles. The summed E-state index contributed by atoms with van der Waals surface area (Å²) in [6, 6.07) is 0. The van der Waals surface area contributed by atoms with E-state index in [1.165, 1.54) is 0 Å². The summed E-state index contributed by atoms with van der Waals surface area (Å²) in [5.74, 6) is 0.164. The van der Waals surface area contributed by atoms with Gasteiger partial charge in [0.1, 0.15) is 6.54 Å². The Kier molecular flexibility index (Phi) is 6.31. The molecule has 0 aliphatic carbocycles. The smallest absolute Gasteiger partial charge is 0.212 e. The summed E-state index contributed by atoms with van der Waals surface area (Å²) in [6.07, 6.45) is 0. The Morgan fingerprint density at radius 2 is 1.83 bits per heavy atom. The van der Waals surface area contributed by atoms with Crippen molar-refractivity contribution in [3.63, 3.8) is 0 Å². The van der Waals surface area contributed by atoms with E-state index in [0.29, 0.717) is 12.1 Å². The number of nitrogens with zero attached hydrogens (tertiary/aromatic N) is 1. The molecule has 12 heavy (non-hydrogen) atoms. The number of hydrogen-bond acceptors (Lipinski definition) is 1. The van der Waals surface area contributed by atoms with E-state index in [1.807, 2.05) is 14.1 Å². The number of likely N-dealkylation sites (N-methyl/N-ethyl adjacent to an activating group) is 1. The van der Waals surface area contributed by atoms with Gasteiger partial charge in [-0.3, -0.25) is 4.79 Å². The van der Waals surface area contributed by atoms with Crippen molar-refractivity contribution in [1.29, 1.82) is 0 Å². The molecule has 0 aliphatic rings. The van der Waals surface area contributed by atoms with Crippen LogP contribution in [0.15, 0.2) is 12.2 Å². The van der Waals surface area contributed by atoms with Crippen LogP contribution in [-0.2, 0) is 4.79 Å². The standard InChI is InChI=1S/C9H18NO.ClH/c1-6-10(4,5)7-9(11)8(2)3;/h2,6-7H2,1,3-5H3;1H/q+1;/p-1. The van der Waals surface area contributed by atoms with E-state index >= 15 is 0 Å². The monoisotopic (exact) mass is 191 g/mol. The third-order valence-corrected chi connectivity index (χ3v) is 1.90. The minimum Gasteiger partial charge on any atom is -1.00 e. The van der Waals surface area contributed by atoms with Crippen LogP contribution < -0.4 is 12.4 Å². The molecule has 0 saturated heterocycles. The Morgan fingerprint density at radius 3 is 2.08 bits per heavy atom. The first-order chi connectivity index (χ1) is 4.89. The molecule has 2 nitrogen and oxygen atoms in total. The predicted octanol–water partition coefficient (Wildman–Crippen LogP) is -1.77. The van der Waals surface area contributed by atoms with Crippen LogP contribution in [0.1, 0.15) is 13.8 Å². The highest BCUT2D eigenvalue weighted by Gasteiger charge is 2.17. The molecule has 0 aliphatic heterocycles. The van der Waals surface area contributed by atoms with Crippen molar-refractivity contribution >= 4 is 5.78 Å². The summed E-state index contributed by atoms with van der Waals surface area (Å²) in [6.45, 7) is 8.98. The van der Waals surface area contributed by atoms with Gasteiger partial charge in [0.2, 0.25) is 5.78 Å². The summed E-state index contributed by atoms with van der Waals surface area (Å²) in [5.41, 5.74) is 0.657. The Balaban J connectivity index is 0. The van der Waals surface area contributed by atoms with Crippen molar-refractivity contribution in [3.05, 3.63) is 12.2 Å². The van der Waals surface area contributed by atoms with Gasteiger partial charge < -0.3 is 16.9 Å². The summed E-state index contributed by atoms with van der Waals surface area (Å²) in [5, 5.41) is 0. The van der Waals surface area contributed by atoms with Crippen molar-refractivity contribution in [3.8, 4) is 0 Å². The maximum Gasteiger partial charge on any atom is 0.212 e. The van der Waals surface area contributed by atoms with Crippen molar-refractivity contribution in [2.75, 3.05) is 27.2 Å². The second-order valence-electron chi connectivity index (χ2n) is 3.61. The Labute approximate surface area is 81.3 Å². The van der Waals surface area contributed by atoms with Crippen LogP contribution in [0.2, 0.25) is 0 Å². The van der Waals surface area contributed by atoms with Gasteiger partial charge in [0, 0.05) is 0 Å². The summed E-state index contributed by atoms with van der Waals surface area (Å²) < 4.78 is 0.742. The topological polar surface area (TPSA) is 17.1 Å². The van der Waals surface area contributed by atoms with Crippen molar-refractivity contribution in [2.45, 2.75) is 13.8 Å². The van der Waals surface area contributed by atoms with E-state index < -0.39 is 0 Å².